The van der Waals surface area contributed by atoms with E-state index in [1.807, 2.05) is 13.8 Å². The Labute approximate surface area is 131 Å². The van der Waals surface area contributed by atoms with Gasteiger partial charge in [-0.25, -0.2) is 0 Å². The van der Waals surface area contributed by atoms with Gasteiger partial charge < -0.3 is 15.2 Å². The maximum Gasteiger partial charge on any atom is 0.312 e. The molecule has 4 saturated carbocycles. The number of rotatable bonds is 4. The Morgan fingerprint density at radius 2 is 1.73 bits per heavy atom. The molecule has 1 amide bonds. The molecule has 4 aliphatic rings. The van der Waals surface area contributed by atoms with Gasteiger partial charge in [0.15, 0.2) is 6.10 Å². The van der Waals surface area contributed by atoms with Crippen LogP contribution >= 0.6 is 0 Å². The summed E-state index contributed by atoms with van der Waals surface area (Å²) in [6, 6.07) is 0.0221. The number of aliphatic hydroxyl groups is 1. The first kappa shape index (κ1) is 15.8. The lowest BCUT2D eigenvalue weighted by Crippen LogP contribution is -2.59. The maximum absolute atomic E-state index is 12.7. The van der Waals surface area contributed by atoms with Crippen molar-refractivity contribution in [3.63, 3.8) is 0 Å². The van der Waals surface area contributed by atoms with E-state index in [-0.39, 0.29) is 17.9 Å². The van der Waals surface area contributed by atoms with E-state index in [9.17, 15) is 14.7 Å². The van der Waals surface area contributed by atoms with Crippen molar-refractivity contribution in [3.05, 3.63) is 0 Å². The first-order chi connectivity index (χ1) is 10.2. The number of carbonyl (C=O) groups is 2. The zero-order chi connectivity index (χ0) is 16.1. The predicted molar refractivity (Wildman–Crippen MR) is 80.9 cm³/mol. The highest BCUT2D eigenvalue weighted by Gasteiger charge is 2.61. The number of nitrogens with one attached hydrogen (secondary N) is 1. The minimum absolute atomic E-state index is 0.0221. The normalized spacial score (nSPS) is 40.6. The molecule has 4 fully saturated rings. The van der Waals surface area contributed by atoms with Crippen LogP contribution in [0.3, 0.4) is 0 Å². The summed E-state index contributed by atoms with van der Waals surface area (Å²) in [5.41, 5.74) is -1.25. The molecule has 5 heteroatoms. The first-order valence-electron chi connectivity index (χ1n) is 8.45. The van der Waals surface area contributed by atoms with Crippen LogP contribution in [0.25, 0.3) is 0 Å². The summed E-state index contributed by atoms with van der Waals surface area (Å²) in [7, 11) is 0. The molecule has 0 aliphatic heterocycles. The summed E-state index contributed by atoms with van der Waals surface area (Å²) in [6.45, 7) is 5.37. The Kier molecular flexibility index (Phi) is 3.75. The Morgan fingerprint density at radius 3 is 2.23 bits per heavy atom. The second kappa shape index (κ2) is 5.22. The van der Waals surface area contributed by atoms with Crippen LogP contribution in [-0.2, 0) is 14.3 Å². The molecule has 0 saturated heterocycles. The molecule has 4 bridgehead atoms. The highest BCUT2D eigenvalue weighted by molar-refractivity contribution is 5.85. The largest absolute Gasteiger partial charge is 0.452 e. The molecule has 2 unspecified atom stereocenters. The molecule has 4 rings (SSSR count). The van der Waals surface area contributed by atoms with Crippen LogP contribution in [0.1, 0.15) is 59.3 Å². The van der Waals surface area contributed by atoms with Crippen LogP contribution in [0, 0.1) is 17.3 Å². The van der Waals surface area contributed by atoms with Gasteiger partial charge in [-0.2, -0.15) is 0 Å². The standard InChI is InChI=1S/C17H27NO4/c1-10(2)18-14(19)11(3)22-15(20)16-5-12-4-13(6-16)8-17(21,7-12)9-16/h10-13,21H,4-9H2,1-3H3,(H,18,19)/t11-,12-,13+,16?,17?/m1/s1. The summed E-state index contributed by atoms with van der Waals surface area (Å²) in [5.74, 6) is 0.315. The summed E-state index contributed by atoms with van der Waals surface area (Å²) >= 11 is 0. The van der Waals surface area contributed by atoms with Crippen molar-refractivity contribution in [2.75, 3.05) is 0 Å². The second-order valence-electron chi connectivity index (χ2n) is 8.18. The molecule has 4 aliphatic carbocycles. The number of esters is 1. The third-order valence-electron chi connectivity index (χ3n) is 5.55. The molecule has 5 nitrogen and oxygen atoms in total. The highest BCUT2D eigenvalue weighted by atomic mass is 16.5. The third-order valence-corrected chi connectivity index (χ3v) is 5.55. The minimum atomic E-state index is -0.780. The Morgan fingerprint density at radius 1 is 1.14 bits per heavy atom. The molecule has 0 aromatic heterocycles. The fourth-order valence-electron chi connectivity index (χ4n) is 5.19. The molecule has 22 heavy (non-hydrogen) atoms. The van der Waals surface area contributed by atoms with E-state index in [1.165, 1.54) is 0 Å². The number of hydrogen-bond acceptors (Lipinski definition) is 4. The van der Waals surface area contributed by atoms with Gasteiger partial charge in [0.05, 0.1) is 11.0 Å². The van der Waals surface area contributed by atoms with Gasteiger partial charge >= 0.3 is 5.97 Å². The minimum Gasteiger partial charge on any atom is -0.452 e. The van der Waals surface area contributed by atoms with Crippen molar-refractivity contribution >= 4 is 11.9 Å². The average Bonchev–Trinajstić information content (AvgIpc) is 2.34. The van der Waals surface area contributed by atoms with Gasteiger partial charge in [-0.15, -0.1) is 0 Å². The molecule has 0 aromatic rings. The van der Waals surface area contributed by atoms with Crippen molar-refractivity contribution in [1.82, 2.24) is 5.32 Å². The van der Waals surface area contributed by atoms with Gasteiger partial charge in [0.1, 0.15) is 0 Å². The number of hydrogen-bond donors (Lipinski definition) is 2. The Bertz CT molecular complexity index is 473. The molecule has 0 radical (unpaired) electrons. The summed E-state index contributed by atoms with van der Waals surface area (Å²) < 4.78 is 5.48. The lowest BCUT2D eigenvalue weighted by Gasteiger charge is -2.58. The molecule has 0 heterocycles. The van der Waals surface area contributed by atoms with Crippen LogP contribution in [-0.4, -0.2) is 34.7 Å². The lowest BCUT2D eigenvalue weighted by atomic mass is 9.48. The quantitative estimate of drug-likeness (QED) is 0.776. The van der Waals surface area contributed by atoms with Gasteiger partial charge in [0.25, 0.3) is 5.91 Å². The molecule has 124 valence electrons. The van der Waals surface area contributed by atoms with Crippen molar-refractivity contribution in [3.8, 4) is 0 Å². The van der Waals surface area contributed by atoms with Gasteiger partial charge in [0.2, 0.25) is 0 Å². The van der Waals surface area contributed by atoms with Crippen LogP contribution in [0.15, 0.2) is 0 Å². The SMILES string of the molecule is CC(C)NC(=O)[C@@H](C)OC(=O)C12C[C@@H]3C[C@@H](CC(O)(C3)C1)C2. The highest BCUT2D eigenvalue weighted by Crippen LogP contribution is 2.62. The first-order valence-corrected chi connectivity index (χ1v) is 8.45. The fourth-order valence-corrected chi connectivity index (χ4v) is 5.19. The van der Waals surface area contributed by atoms with Crippen LogP contribution in [0.4, 0.5) is 0 Å². The van der Waals surface area contributed by atoms with Crippen molar-refractivity contribution in [2.45, 2.75) is 77.0 Å². The topological polar surface area (TPSA) is 75.6 Å². The number of amides is 1. The van der Waals surface area contributed by atoms with Crippen LogP contribution in [0.2, 0.25) is 0 Å². The van der Waals surface area contributed by atoms with E-state index >= 15 is 0 Å². The third kappa shape index (κ3) is 2.75. The second-order valence-corrected chi connectivity index (χ2v) is 8.18. The molecule has 0 aromatic carbocycles. The van der Waals surface area contributed by atoms with Crippen molar-refractivity contribution in [1.29, 1.82) is 0 Å². The molecule has 0 spiro atoms. The van der Waals surface area contributed by atoms with E-state index in [0.29, 0.717) is 18.3 Å². The Hall–Kier alpha value is -1.10. The zero-order valence-corrected chi connectivity index (χ0v) is 13.7. The van der Waals surface area contributed by atoms with E-state index < -0.39 is 17.1 Å². The van der Waals surface area contributed by atoms with Gasteiger partial charge in [-0.1, -0.05) is 0 Å². The summed E-state index contributed by atoms with van der Waals surface area (Å²) in [4.78, 5) is 24.7. The molecule has 5 atom stereocenters. The van der Waals surface area contributed by atoms with Crippen molar-refractivity contribution in [2.24, 2.45) is 17.3 Å². The van der Waals surface area contributed by atoms with Crippen LogP contribution in [0.5, 0.6) is 0 Å². The average molecular weight is 309 g/mol. The molecular weight excluding hydrogens is 282 g/mol. The zero-order valence-electron chi connectivity index (χ0n) is 13.7. The lowest BCUT2D eigenvalue weighted by molar-refractivity contribution is -0.200. The Balaban J connectivity index is 1.68. The van der Waals surface area contributed by atoms with Gasteiger partial charge in [-0.3, -0.25) is 9.59 Å². The van der Waals surface area contributed by atoms with Gasteiger partial charge in [-0.05, 0) is 71.1 Å². The molecule has 2 N–H and O–H groups in total. The number of ether oxygens (including phenoxy) is 1. The predicted octanol–water partition coefficient (Wildman–Crippen LogP) is 1.77. The monoisotopic (exact) mass is 309 g/mol. The fraction of sp³-hybridized carbons (Fsp3) is 0.882. The van der Waals surface area contributed by atoms with Gasteiger partial charge in [0, 0.05) is 6.04 Å². The van der Waals surface area contributed by atoms with E-state index in [4.69, 9.17) is 4.74 Å². The smallest absolute Gasteiger partial charge is 0.312 e. The van der Waals surface area contributed by atoms with E-state index in [0.717, 1.165) is 32.1 Å². The van der Waals surface area contributed by atoms with Crippen LogP contribution < -0.4 is 5.32 Å². The summed E-state index contributed by atoms with van der Waals surface area (Å²) in [5, 5.41) is 13.5. The summed E-state index contributed by atoms with van der Waals surface area (Å²) in [6.07, 6.45) is 4.11. The van der Waals surface area contributed by atoms with Crippen molar-refractivity contribution < 1.29 is 19.4 Å². The maximum atomic E-state index is 12.7. The number of carbonyl (C=O) groups excluding carboxylic acids is 2. The van der Waals surface area contributed by atoms with E-state index in [1.54, 1.807) is 6.92 Å². The molecular formula is C17H27NO4. The van der Waals surface area contributed by atoms with E-state index in [2.05, 4.69) is 5.32 Å².